The first-order chi connectivity index (χ1) is 15.0. The summed E-state index contributed by atoms with van der Waals surface area (Å²) < 4.78 is 39.5. The van der Waals surface area contributed by atoms with Gasteiger partial charge in [-0.15, -0.1) is 11.8 Å². The smallest absolute Gasteiger partial charge is 0.416 e. The Kier molecular flexibility index (Phi) is 8.97. The van der Waals surface area contributed by atoms with Gasteiger partial charge in [-0.2, -0.15) is 13.2 Å². The van der Waals surface area contributed by atoms with Crippen LogP contribution in [0.2, 0.25) is 0 Å². The van der Waals surface area contributed by atoms with E-state index in [2.05, 4.69) is 0 Å². The van der Waals surface area contributed by atoms with Crippen LogP contribution in [0.3, 0.4) is 0 Å². The van der Waals surface area contributed by atoms with Crippen molar-refractivity contribution in [1.82, 2.24) is 9.80 Å². The molecule has 0 spiro atoms. The summed E-state index contributed by atoms with van der Waals surface area (Å²) in [4.78, 5) is 29.8. The zero-order valence-electron chi connectivity index (χ0n) is 18.1. The molecule has 0 aliphatic carbocycles. The first-order valence-corrected chi connectivity index (χ1v) is 11.0. The highest BCUT2D eigenvalue weighted by atomic mass is 32.2. The number of benzene rings is 2. The minimum Gasteiger partial charge on any atom is -0.465 e. The zero-order valence-corrected chi connectivity index (χ0v) is 18.9. The van der Waals surface area contributed by atoms with Gasteiger partial charge in [0.15, 0.2) is 0 Å². The van der Waals surface area contributed by atoms with Crippen molar-refractivity contribution in [2.75, 3.05) is 44.9 Å². The fourth-order valence-corrected chi connectivity index (χ4v) is 3.60. The van der Waals surface area contributed by atoms with Gasteiger partial charge in [-0.25, -0.2) is 4.79 Å². The van der Waals surface area contributed by atoms with Gasteiger partial charge >= 0.3 is 12.3 Å². The highest BCUT2D eigenvalue weighted by Gasteiger charge is 2.31. The Hall–Kier alpha value is -2.72. The molecule has 32 heavy (non-hydrogen) atoms. The lowest BCUT2D eigenvalue weighted by molar-refractivity contribution is -0.137. The van der Waals surface area contributed by atoms with E-state index in [-0.39, 0.29) is 13.1 Å². The Bertz CT molecular complexity index is 938. The molecule has 6 nitrogen and oxygen atoms in total. The van der Waals surface area contributed by atoms with Crippen LogP contribution in [-0.2, 0) is 17.5 Å². The van der Waals surface area contributed by atoms with Crippen molar-refractivity contribution >= 4 is 29.4 Å². The molecule has 0 atom stereocenters. The second kappa shape index (κ2) is 11.2. The van der Waals surface area contributed by atoms with Gasteiger partial charge < -0.3 is 14.9 Å². The number of halogens is 3. The number of rotatable bonds is 9. The topological polar surface area (TPSA) is 64.1 Å². The number of hydrogen-bond acceptors (Lipinski definition) is 4. The molecule has 2 amide bonds. The maximum absolute atomic E-state index is 13.2. The van der Waals surface area contributed by atoms with Crippen LogP contribution < -0.4 is 4.90 Å². The van der Waals surface area contributed by atoms with Crippen molar-refractivity contribution in [3.05, 3.63) is 59.7 Å². The molecule has 2 rings (SSSR count). The Morgan fingerprint density at radius 2 is 1.72 bits per heavy atom. The number of carbonyl (C=O) groups is 2. The molecule has 0 radical (unpaired) electrons. The molecule has 0 fully saturated rings. The molecule has 2 aromatic carbocycles. The van der Waals surface area contributed by atoms with E-state index in [1.165, 1.54) is 28.8 Å². The third-order valence-electron chi connectivity index (χ3n) is 4.69. The fourth-order valence-electron chi connectivity index (χ4n) is 3.00. The number of likely N-dealkylation sites (N-methyl/N-ethyl adjacent to an activating group) is 1. The monoisotopic (exact) mass is 469 g/mol. The van der Waals surface area contributed by atoms with Gasteiger partial charge in [0.1, 0.15) is 6.54 Å². The summed E-state index contributed by atoms with van der Waals surface area (Å²) in [5.74, 6) is -0.523. The van der Waals surface area contributed by atoms with Crippen molar-refractivity contribution in [2.24, 2.45) is 0 Å². The second-order valence-electron chi connectivity index (χ2n) is 7.36. The quantitative estimate of drug-likeness (QED) is 0.548. The summed E-state index contributed by atoms with van der Waals surface area (Å²) in [7, 11) is 3.58. The minimum atomic E-state index is -4.51. The van der Waals surface area contributed by atoms with E-state index in [1.54, 1.807) is 43.3 Å². The van der Waals surface area contributed by atoms with E-state index in [9.17, 15) is 27.9 Å². The lowest BCUT2D eigenvalue weighted by Crippen LogP contribution is -2.44. The van der Waals surface area contributed by atoms with Crippen LogP contribution in [0.5, 0.6) is 0 Å². The van der Waals surface area contributed by atoms with E-state index in [1.807, 2.05) is 6.26 Å². The predicted octanol–water partition coefficient (Wildman–Crippen LogP) is 4.50. The zero-order chi connectivity index (χ0) is 23.9. The molecule has 0 saturated carbocycles. The van der Waals surface area contributed by atoms with E-state index >= 15 is 0 Å². The van der Waals surface area contributed by atoms with Gasteiger partial charge in [0.05, 0.1) is 17.8 Å². The summed E-state index contributed by atoms with van der Waals surface area (Å²) in [5, 5.41) is 9.51. The molecule has 174 valence electrons. The lowest BCUT2D eigenvalue weighted by Gasteiger charge is -2.28. The SMILES string of the molecule is CSc1ccccc1N(Cc1cccc(C(F)(F)F)c1)C(=O)CN(CCN(C)C)C(=O)O. The second-order valence-corrected chi connectivity index (χ2v) is 8.21. The largest absolute Gasteiger partial charge is 0.465 e. The number of para-hydroxylation sites is 1. The predicted molar refractivity (Wildman–Crippen MR) is 119 cm³/mol. The van der Waals surface area contributed by atoms with Crippen LogP contribution in [0.15, 0.2) is 53.4 Å². The number of amides is 2. The number of thioether (sulfide) groups is 1. The summed E-state index contributed by atoms with van der Waals surface area (Å²) in [5.41, 5.74) is -0.00157. The molecule has 0 saturated heterocycles. The van der Waals surface area contributed by atoms with Crippen LogP contribution >= 0.6 is 11.8 Å². The van der Waals surface area contributed by atoms with E-state index < -0.39 is 30.3 Å². The molecule has 0 bridgehead atoms. The molecular weight excluding hydrogens is 443 g/mol. The lowest BCUT2D eigenvalue weighted by atomic mass is 10.1. The van der Waals surface area contributed by atoms with Gasteiger partial charge in [0, 0.05) is 18.0 Å². The molecule has 1 N–H and O–H groups in total. The molecule has 10 heteroatoms. The van der Waals surface area contributed by atoms with Crippen LogP contribution in [0.1, 0.15) is 11.1 Å². The highest BCUT2D eigenvalue weighted by Crippen LogP contribution is 2.32. The van der Waals surface area contributed by atoms with Crippen LogP contribution in [-0.4, -0.2) is 66.9 Å². The van der Waals surface area contributed by atoms with Crippen molar-refractivity contribution in [3.63, 3.8) is 0 Å². The van der Waals surface area contributed by atoms with Crippen LogP contribution in [0.25, 0.3) is 0 Å². The highest BCUT2D eigenvalue weighted by molar-refractivity contribution is 7.98. The molecule has 0 heterocycles. The minimum absolute atomic E-state index is 0.121. The first-order valence-electron chi connectivity index (χ1n) is 9.75. The van der Waals surface area contributed by atoms with Crippen molar-refractivity contribution in [3.8, 4) is 0 Å². The first kappa shape index (κ1) is 25.5. The number of alkyl halides is 3. The molecule has 0 aliphatic rings. The van der Waals surface area contributed by atoms with Gasteiger partial charge in [-0.3, -0.25) is 9.69 Å². The summed E-state index contributed by atoms with van der Waals surface area (Å²) in [6.45, 7) is 0.0105. The number of carbonyl (C=O) groups excluding carboxylic acids is 1. The van der Waals surface area contributed by atoms with Crippen molar-refractivity contribution < 1.29 is 27.9 Å². The Labute approximate surface area is 189 Å². The Morgan fingerprint density at radius 3 is 2.31 bits per heavy atom. The third kappa shape index (κ3) is 7.16. The van der Waals surface area contributed by atoms with Crippen molar-refractivity contribution in [2.45, 2.75) is 17.6 Å². The average molecular weight is 470 g/mol. The molecule has 0 aliphatic heterocycles. The summed E-state index contributed by atoms with van der Waals surface area (Å²) in [6, 6.07) is 11.8. The molecular formula is C22H26F3N3O3S. The molecule has 2 aromatic rings. The molecule has 0 aromatic heterocycles. The van der Waals surface area contributed by atoms with Crippen LogP contribution in [0.4, 0.5) is 23.7 Å². The van der Waals surface area contributed by atoms with Crippen molar-refractivity contribution in [1.29, 1.82) is 0 Å². The van der Waals surface area contributed by atoms with E-state index in [0.29, 0.717) is 17.8 Å². The Balaban J connectivity index is 2.39. The number of anilines is 1. The summed E-state index contributed by atoms with van der Waals surface area (Å²) >= 11 is 1.39. The number of nitrogens with zero attached hydrogens (tertiary/aromatic N) is 3. The van der Waals surface area contributed by atoms with Gasteiger partial charge in [0.2, 0.25) is 5.91 Å². The van der Waals surface area contributed by atoms with Gasteiger partial charge in [-0.1, -0.05) is 24.3 Å². The third-order valence-corrected chi connectivity index (χ3v) is 5.47. The number of carboxylic acid groups (broad SMARTS) is 1. The maximum Gasteiger partial charge on any atom is 0.416 e. The normalized spacial score (nSPS) is 11.5. The van der Waals surface area contributed by atoms with E-state index in [4.69, 9.17) is 0 Å². The fraction of sp³-hybridized carbons (Fsp3) is 0.364. The maximum atomic E-state index is 13.2. The van der Waals surface area contributed by atoms with Gasteiger partial charge in [0.25, 0.3) is 0 Å². The van der Waals surface area contributed by atoms with Crippen LogP contribution in [0, 0.1) is 0 Å². The van der Waals surface area contributed by atoms with E-state index in [0.717, 1.165) is 21.9 Å². The molecule has 0 unspecified atom stereocenters. The summed E-state index contributed by atoms with van der Waals surface area (Å²) in [6.07, 6.45) is -3.92. The standard InChI is InChI=1S/C22H26F3N3O3S/c1-26(2)11-12-27(21(30)31)15-20(29)28(18-9-4-5-10-19(18)32-3)14-16-7-6-8-17(13-16)22(23,24)25/h4-10,13H,11-12,14-15H2,1-3H3,(H,30,31). The Morgan fingerprint density at radius 1 is 1.03 bits per heavy atom. The average Bonchev–Trinajstić information content (AvgIpc) is 2.74. The van der Waals surface area contributed by atoms with Gasteiger partial charge in [-0.05, 0) is 50.2 Å². The number of hydrogen-bond donors (Lipinski definition) is 1.